The summed E-state index contributed by atoms with van der Waals surface area (Å²) in [4.78, 5) is 17.7. The molecular weight excluding hydrogens is 463 g/mol. The first-order valence-corrected chi connectivity index (χ1v) is 8.92. The van der Waals surface area contributed by atoms with Gasteiger partial charge in [0.2, 0.25) is 12.7 Å². The van der Waals surface area contributed by atoms with E-state index in [4.69, 9.17) is 19.9 Å². The standard InChI is InChI=1S/C18H26N4O4.HI/c1-20-18(22-7-2-3-13(11-22)9-17(19)23)21-6-8-24-14-4-5-15-16(10-14)26-12-25-15;/h4-5,10,13H,2-3,6-9,11-12H2,1H3,(H2,19,23)(H,20,21);1H. The van der Waals surface area contributed by atoms with Crippen LogP contribution in [-0.2, 0) is 4.79 Å². The Labute approximate surface area is 176 Å². The van der Waals surface area contributed by atoms with Crippen LogP contribution in [0.5, 0.6) is 17.2 Å². The van der Waals surface area contributed by atoms with Gasteiger partial charge in [-0.2, -0.15) is 0 Å². The van der Waals surface area contributed by atoms with Gasteiger partial charge in [0.05, 0.1) is 6.54 Å². The number of guanidine groups is 1. The molecule has 0 spiro atoms. The van der Waals surface area contributed by atoms with Crippen LogP contribution in [0.1, 0.15) is 19.3 Å². The van der Waals surface area contributed by atoms with Crippen LogP contribution in [0.2, 0.25) is 0 Å². The number of nitrogens with two attached hydrogens (primary N) is 1. The molecule has 1 aromatic rings. The van der Waals surface area contributed by atoms with Crippen LogP contribution in [-0.4, -0.2) is 56.8 Å². The van der Waals surface area contributed by atoms with Crippen LogP contribution in [0.3, 0.4) is 0 Å². The topological polar surface area (TPSA) is 98.4 Å². The molecule has 8 nitrogen and oxygen atoms in total. The molecule has 1 fully saturated rings. The Hall–Kier alpha value is -1.91. The van der Waals surface area contributed by atoms with E-state index in [0.717, 1.165) is 43.4 Å². The SMILES string of the molecule is CN=C(NCCOc1ccc2c(c1)OCO2)N1CCCC(CC(N)=O)C1.I. The fraction of sp³-hybridized carbons (Fsp3) is 0.556. The molecule has 1 aromatic carbocycles. The molecule has 0 aliphatic carbocycles. The number of nitrogens with zero attached hydrogens (tertiary/aromatic N) is 2. The molecule has 0 bridgehead atoms. The number of rotatable bonds is 6. The molecule has 1 unspecified atom stereocenters. The summed E-state index contributed by atoms with van der Waals surface area (Å²) in [6.07, 6.45) is 2.50. The van der Waals surface area contributed by atoms with E-state index in [2.05, 4.69) is 15.2 Å². The molecule has 3 rings (SSSR count). The average Bonchev–Trinajstić information content (AvgIpc) is 3.09. The van der Waals surface area contributed by atoms with E-state index >= 15 is 0 Å². The van der Waals surface area contributed by atoms with Crippen molar-refractivity contribution >= 4 is 35.8 Å². The van der Waals surface area contributed by atoms with Crippen molar-refractivity contribution in [2.75, 3.05) is 40.1 Å². The Morgan fingerprint density at radius 1 is 1.41 bits per heavy atom. The summed E-state index contributed by atoms with van der Waals surface area (Å²) in [6, 6.07) is 5.54. The molecule has 27 heavy (non-hydrogen) atoms. The summed E-state index contributed by atoms with van der Waals surface area (Å²) >= 11 is 0. The zero-order chi connectivity index (χ0) is 18.4. The molecule has 0 saturated carbocycles. The van der Waals surface area contributed by atoms with Crippen LogP contribution in [0.25, 0.3) is 0 Å². The number of fused-ring (bicyclic) bond motifs is 1. The van der Waals surface area contributed by atoms with Crippen LogP contribution in [0, 0.1) is 5.92 Å². The highest BCUT2D eigenvalue weighted by molar-refractivity contribution is 14.0. The number of amides is 1. The number of aliphatic imine (C=N–C) groups is 1. The maximum atomic E-state index is 11.2. The lowest BCUT2D eigenvalue weighted by Gasteiger charge is -2.34. The van der Waals surface area contributed by atoms with Crippen molar-refractivity contribution in [1.29, 1.82) is 0 Å². The number of carbonyl (C=O) groups is 1. The van der Waals surface area contributed by atoms with Gasteiger partial charge in [-0.15, -0.1) is 24.0 Å². The first-order chi connectivity index (χ1) is 12.7. The quantitative estimate of drug-likeness (QED) is 0.272. The van der Waals surface area contributed by atoms with Crippen molar-refractivity contribution in [3.63, 3.8) is 0 Å². The number of hydrogen-bond acceptors (Lipinski definition) is 5. The van der Waals surface area contributed by atoms with Gasteiger partial charge < -0.3 is 30.2 Å². The van der Waals surface area contributed by atoms with Gasteiger partial charge in [0.25, 0.3) is 0 Å². The zero-order valence-electron chi connectivity index (χ0n) is 15.5. The normalized spacial score (nSPS) is 18.6. The van der Waals surface area contributed by atoms with Crippen LogP contribution in [0.15, 0.2) is 23.2 Å². The van der Waals surface area contributed by atoms with Crippen molar-refractivity contribution in [3.05, 3.63) is 18.2 Å². The Bertz CT molecular complexity index is 671. The second-order valence-corrected chi connectivity index (χ2v) is 6.46. The summed E-state index contributed by atoms with van der Waals surface area (Å²) in [5.74, 6) is 3.08. The number of ether oxygens (including phenoxy) is 3. The highest BCUT2D eigenvalue weighted by Crippen LogP contribution is 2.34. The number of primary amides is 1. The molecule has 0 radical (unpaired) electrons. The third kappa shape index (κ3) is 6.05. The fourth-order valence-corrected chi connectivity index (χ4v) is 3.34. The number of piperidine rings is 1. The average molecular weight is 490 g/mol. The van der Waals surface area contributed by atoms with Crippen molar-refractivity contribution in [1.82, 2.24) is 10.2 Å². The van der Waals surface area contributed by atoms with Crippen molar-refractivity contribution in [2.45, 2.75) is 19.3 Å². The van der Waals surface area contributed by atoms with E-state index in [0.29, 0.717) is 31.2 Å². The molecule has 1 saturated heterocycles. The van der Waals surface area contributed by atoms with Gasteiger partial charge in [0.15, 0.2) is 17.5 Å². The van der Waals surface area contributed by atoms with E-state index < -0.39 is 0 Å². The summed E-state index contributed by atoms with van der Waals surface area (Å²) in [5, 5.41) is 3.31. The predicted octanol–water partition coefficient (Wildman–Crippen LogP) is 1.57. The smallest absolute Gasteiger partial charge is 0.231 e. The van der Waals surface area contributed by atoms with Crippen molar-refractivity contribution in [3.8, 4) is 17.2 Å². The molecule has 150 valence electrons. The minimum atomic E-state index is -0.239. The molecule has 1 atom stereocenters. The highest BCUT2D eigenvalue weighted by atomic mass is 127. The lowest BCUT2D eigenvalue weighted by molar-refractivity contribution is -0.119. The molecule has 9 heteroatoms. The molecule has 2 heterocycles. The van der Waals surface area contributed by atoms with Crippen molar-refractivity contribution in [2.24, 2.45) is 16.6 Å². The van der Waals surface area contributed by atoms with Gasteiger partial charge in [-0.05, 0) is 30.9 Å². The molecule has 3 N–H and O–H groups in total. The molecule has 1 amide bonds. The first-order valence-electron chi connectivity index (χ1n) is 8.92. The number of carbonyl (C=O) groups excluding carboxylic acids is 1. The second-order valence-electron chi connectivity index (χ2n) is 6.46. The minimum Gasteiger partial charge on any atom is -0.492 e. The van der Waals surface area contributed by atoms with Crippen LogP contribution in [0.4, 0.5) is 0 Å². The second kappa shape index (κ2) is 10.4. The van der Waals surface area contributed by atoms with Crippen molar-refractivity contribution < 1.29 is 19.0 Å². The molecule has 2 aliphatic rings. The third-order valence-corrected chi connectivity index (χ3v) is 4.52. The lowest BCUT2D eigenvalue weighted by atomic mass is 9.95. The maximum absolute atomic E-state index is 11.2. The number of nitrogens with one attached hydrogen (secondary N) is 1. The summed E-state index contributed by atoms with van der Waals surface area (Å²) < 4.78 is 16.4. The van der Waals surface area contributed by atoms with Gasteiger partial charge in [-0.3, -0.25) is 9.79 Å². The van der Waals surface area contributed by atoms with Crippen LogP contribution < -0.4 is 25.3 Å². The van der Waals surface area contributed by atoms with E-state index in [1.807, 2.05) is 18.2 Å². The van der Waals surface area contributed by atoms with Gasteiger partial charge in [0.1, 0.15) is 12.4 Å². The summed E-state index contributed by atoms with van der Waals surface area (Å²) in [5.41, 5.74) is 5.33. The van der Waals surface area contributed by atoms with Crippen LogP contribution >= 0.6 is 24.0 Å². The third-order valence-electron chi connectivity index (χ3n) is 4.52. The Balaban J connectivity index is 0.00000261. The van der Waals surface area contributed by atoms with Gasteiger partial charge in [-0.25, -0.2) is 0 Å². The van der Waals surface area contributed by atoms with Gasteiger partial charge >= 0.3 is 0 Å². The largest absolute Gasteiger partial charge is 0.492 e. The van der Waals surface area contributed by atoms with E-state index in [1.54, 1.807) is 7.05 Å². The Morgan fingerprint density at radius 2 is 2.22 bits per heavy atom. The van der Waals surface area contributed by atoms with E-state index in [9.17, 15) is 4.79 Å². The fourth-order valence-electron chi connectivity index (χ4n) is 3.34. The monoisotopic (exact) mass is 490 g/mol. The van der Waals surface area contributed by atoms with Gasteiger partial charge in [-0.1, -0.05) is 0 Å². The Kier molecular flexibility index (Phi) is 8.26. The summed E-state index contributed by atoms with van der Waals surface area (Å²) in [6.45, 7) is 3.10. The molecule has 2 aliphatic heterocycles. The Morgan fingerprint density at radius 3 is 3.00 bits per heavy atom. The maximum Gasteiger partial charge on any atom is 0.231 e. The zero-order valence-corrected chi connectivity index (χ0v) is 17.8. The summed E-state index contributed by atoms with van der Waals surface area (Å²) in [7, 11) is 1.76. The van der Waals surface area contributed by atoms with E-state index in [1.165, 1.54) is 0 Å². The van der Waals surface area contributed by atoms with E-state index in [-0.39, 0.29) is 36.7 Å². The first kappa shape index (κ1) is 21.4. The molecule has 0 aromatic heterocycles. The number of likely N-dealkylation sites (tertiary alicyclic amines) is 1. The highest BCUT2D eigenvalue weighted by Gasteiger charge is 2.23. The number of benzene rings is 1. The number of halogens is 1. The predicted molar refractivity (Wildman–Crippen MR) is 113 cm³/mol. The lowest BCUT2D eigenvalue weighted by Crippen LogP contribution is -2.48. The minimum absolute atomic E-state index is 0. The molecular formula is C18H27IN4O4. The number of hydrogen-bond donors (Lipinski definition) is 2. The van der Waals surface area contributed by atoms with Gasteiger partial charge in [0, 0.05) is 32.6 Å².